The molecule has 0 N–H and O–H groups in total. The lowest BCUT2D eigenvalue weighted by atomic mass is 9.85. The van der Waals surface area contributed by atoms with E-state index in [4.69, 9.17) is 4.52 Å². The second-order valence-electron chi connectivity index (χ2n) is 4.14. The van der Waals surface area contributed by atoms with Gasteiger partial charge in [-0.05, 0) is 19.3 Å². The second-order valence-corrected chi connectivity index (χ2v) is 4.14. The molecule has 0 radical (unpaired) electrons. The van der Waals surface area contributed by atoms with Crippen LogP contribution in [0.25, 0.3) is 0 Å². The van der Waals surface area contributed by atoms with E-state index in [9.17, 15) is 4.79 Å². The minimum Gasteiger partial charge on any atom is -0.339 e. The molecule has 0 spiro atoms. The van der Waals surface area contributed by atoms with Gasteiger partial charge in [0.15, 0.2) is 5.82 Å². The first-order chi connectivity index (χ1) is 7.29. The van der Waals surface area contributed by atoms with Crippen LogP contribution in [0.1, 0.15) is 56.7 Å². The van der Waals surface area contributed by atoms with Crippen molar-refractivity contribution in [2.24, 2.45) is 0 Å². The van der Waals surface area contributed by atoms with E-state index in [0.29, 0.717) is 24.7 Å². The summed E-state index contributed by atoms with van der Waals surface area (Å²) in [5.74, 6) is 1.93. The van der Waals surface area contributed by atoms with Gasteiger partial charge in [0.1, 0.15) is 5.78 Å². The van der Waals surface area contributed by atoms with Crippen LogP contribution in [0.15, 0.2) is 4.52 Å². The third-order valence-electron chi connectivity index (χ3n) is 2.83. The molecule has 1 aliphatic rings. The first-order valence-corrected chi connectivity index (χ1v) is 5.63. The van der Waals surface area contributed by atoms with Crippen LogP contribution in [0.2, 0.25) is 0 Å². The lowest BCUT2D eigenvalue weighted by molar-refractivity contribution is -0.118. The molecule has 1 saturated carbocycles. The highest BCUT2D eigenvalue weighted by atomic mass is 16.5. The molecule has 0 unspecified atom stereocenters. The Hall–Kier alpha value is -1.19. The predicted octanol–water partition coefficient (Wildman–Crippen LogP) is 2.25. The number of rotatable bonds is 5. The summed E-state index contributed by atoms with van der Waals surface area (Å²) in [5.41, 5.74) is 0. The molecule has 1 aliphatic carbocycles. The quantitative estimate of drug-likeness (QED) is 0.744. The minimum absolute atomic E-state index is 0.182. The summed E-state index contributed by atoms with van der Waals surface area (Å²) in [4.78, 5) is 15.6. The number of carbonyl (C=O) groups excluding carboxylic acids is 1. The van der Waals surface area contributed by atoms with Crippen LogP contribution < -0.4 is 0 Å². The third-order valence-corrected chi connectivity index (χ3v) is 2.83. The summed E-state index contributed by atoms with van der Waals surface area (Å²) in [5, 5.41) is 3.91. The molecule has 1 aromatic heterocycles. The molecule has 4 heteroatoms. The molecule has 0 saturated heterocycles. The van der Waals surface area contributed by atoms with Crippen LogP contribution in [-0.4, -0.2) is 15.9 Å². The van der Waals surface area contributed by atoms with Gasteiger partial charge in [0.25, 0.3) is 0 Å². The zero-order valence-electron chi connectivity index (χ0n) is 9.03. The minimum atomic E-state index is 0.182. The van der Waals surface area contributed by atoms with Gasteiger partial charge in [-0.15, -0.1) is 0 Å². The Morgan fingerprint density at radius 1 is 1.53 bits per heavy atom. The largest absolute Gasteiger partial charge is 0.339 e. The van der Waals surface area contributed by atoms with E-state index in [1.54, 1.807) is 0 Å². The van der Waals surface area contributed by atoms with Crippen molar-refractivity contribution >= 4 is 5.78 Å². The van der Waals surface area contributed by atoms with Crippen LogP contribution in [-0.2, 0) is 11.2 Å². The summed E-state index contributed by atoms with van der Waals surface area (Å²) >= 11 is 0. The lowest BCUT2D eigenvalue weighted by Gasteiger charge is -2.20. The number of ketones is 1. The summed E-state index contributed by atoms with van der Waals surface area (Å²) in [7, 11) is 0. The van der Waals surface area contributed by atoms with E-state index in [-0.39, 0.29) is 5.78 Å². The molecule has 1 heterocycles. The average molecular weight is 208 g/mol. The Labute approximate surface area is 89.1 Å². The fourth-order valence-corrected chi connectivity index (χ4v) is 1.71. The Kier molecular flexibility index (Phi) is 3.14. The van der Waals surface area contributed by atoms with Crippen LogP contribution in [0.5, 0.6) is 0 Å². The van der Waals surface area contributed by atoms with Gasteiger partial charge in [0.2, 0.25) is 5.89 Å². The zero-order chi connectivity index (χ0) is 10.7. The van der Waals surface area contributed by atoms with Crippen molar-refractivity contribution in [1.29, 1.82) is 0 Å². The van der Waals surface area contributed by atoms with Gasteiger partial charge < -0.3 is 4.52 Å². The Morgan fingerprint density at radius 3 is 2.93 bits per heavy atom. The molecule has 2 rings (SSSR count). The fraction of sp³-hybridized carbons (Fsp3) is 0.727. The number of hydrogen-bond donors (Lipinski definition) is 0. The molecule has 0 aliphatic heterocycles. The van der Waals surface area contributed by atoms with Gasteiger partial charge in [-0.3, -0.25) is 4.79 Å². The SMILES string of the molecule is CCCC(=O)Cc1nc(C2CCC2)no1. The van der Waals surface area contributed by atoms with E-state index < -0.39 is 0 Å². The summed E-state index contributed by atoms with van der Waals surface area (Å²) in [6, 6.07) is 0. The molecule has 0 atom stereocenters. The standard InChI is InChI=1S/C11H16N2O2/c1-2-4-9(14)7-10-12-11(13-15-10)8-5-3-6-8/h8H,2-7H2,1H3. The highest BCUT2D eigenvalue weighted by Crippen LogP contribution is 2.34. The number of hydrogen-bond acceptors (Lipinski definition) is 4. The van der Waals surface area contributed by atoms with Crippen molar-refractivity contribution in [3.63, 3.8) is 0 Å². The maximum Gasteiger partial charge on any atom is 0.234 e. The van der Waals surface area contributed by atoms with Gasteiger partial charge in [0, 0.05) is 12.3 Å². The predicted molar refractivity (Wildman–Crippen MR) is 54.5 cm³/mol. The van der Waals surface area contributed by atoms with E-state index in [0.717, 1.165) is 25.1 Å². The van der Waals surface area contributed by atoms with Crippen molar-refractivity contribution in [2.45, 2.75) is 51.4 Å². The van der Waals surface area contributed by atoms with Crippen LogP contribution in [0.4, 0.5) is 0 Å². The molecular formula is C11H16N2O2. The number of Topliss-reactive ketones (excluding diaryl/α,β-unsaturated/α-hetero) is 1. The van der Waals surface area contributed by atoms with Crippen molar-refractivity contribution in [2.75, 3.05) is 0 Å². The van der Waals surface area contributed by atoms with E-state index >= 15 is 0 Å². The van der Waals surface area contributed by atoms with Gasteiger partial charge in [-0.2, -0.15) is 4.98 Å². The van der Waals surface area contributed by atoms with Crippen molar-refractivity contribution in [1.82, 2.24) is 10.1 Å². The fourth-order valence-electron chi connectivity index (χ4n) is 1.71. The molecule has 0 amide bonds. The molecule has 0 aromatic carbocycles. The van der Waals surface area contributed by atoms with Gasteiger partial charge >= 0.3 is 0 Å². The molecule has 82 valence electrons. The van der Waals surface area contributed by atoms with Gasteiger partial charge in [0.05, 0.1) is 6.42 Å². The lowest BCUT2D eigenvalue weighted by Crippen LogP contribution is -2.10. The highest BCUT2D eigenvalue weighted by molar-refractivity contribution is 5.79. The smallest absolute Gasteiger partial charge is 0.234 e. The number of carbonyl (C=O) groups is 1. The maximum atomic E-state index is 11.3. The number of nitrogens with zero attached hydrogens (tertiary/aromatic N) is 2. The van der Waals surface area contributed by atoms with Crippen molar-refractivity contribution < 1.29 is 9.32 Å². The topological polar surface area (TPSA) is 56.0 Å². The van der Waals surface area contributed by atoms with Gasteiger partial charge in [-0.25, -0.2) is 0 Å². The first kappa shape index (κ1) is 10.3. The Balaban J connectivity index is 1.91. The number of aromatic nitrogens is 2. The highest BCUT2D eigenvalue weighted by Gasteiger charge is 2.24. The molecule has 1 aromatic rings. The normalized spacial score (nSPS) is 16.3. The Morgan fingerprint density at radius 2 is 2.33 bits per heavy atom. The maximum absolute atomic E-state index is 11.3. The second kappa shape index (κ2) is 4.55. The molecule has 1 fully saturated rings. The summed E-state index contributed by atoms with van der Waals surface area (Å²) in [6.07, 6.45) is 5.34. The summed E-state index contributed by atoms with van der Waals surface area (Å²) < 4.78 is 5.06. The summed E-state index contributed by atoms with van der Waals surface area (Å²) in [6.45, 7) is 1.99. The van der Waals surface area contributed by atoms with E-state index in [2.05, 4.69) is 10.1 Å². The molecule has 4 nitrogen and oxygen atoms in total. The van der Waals surface area contributed by atoms with Gasteiger partial charge in [-0.1, -0.05) is 18.5 Å². The van der Waals surface area contributed by atoms with Crippen LogP contribution in [0.3, 0.4) is 0 Å². The van der Waals surface area contributed by atoms with E-state index in [1.165, 1.54) is 6.42 Å². The average Bonchev–Trinajstić information content (AvgIpc) is 2.50. The molecule has 15 heavy (non-hydrogen) atoms. The van der Waals surface area contributed by atoms with Crippen LogP contribution in [0, 0.1) is 0 Å². The van der Waals surface area contributed by atoms with Crippen molar-refractivity contribution in [3.8, 4) is 0 Å². The molecule has 0 bridgehead atoms. The van der Waals surface area contributed by atoms with E-state index in [1.807, 2.05) is 6.92 Å². The Bertz CT molecular complexity index is 342. The zero-order valence-corrected chi connectivity index (χ0v) is 9.03. The van der Waals surface area contributed by atoms with Crippen molar-refractivity contribution in [3.05, 3.63) is 11.7 Å². The third kappa shape index (κ3) is 2.43. The first-order valence-electron chi connectivity index (χ1n) is 5.63. The molecular weight excluding hydrogens is 192 g/mol. The monoisotopic (exact) mass is 208 g/mol. The van der Waals surface area contributed by atoms with Crippen LogP contribution >= 0.6 is 0 Å².